The third-order valence-corrected chi connectivity index (χ3v) is 10.2. The number of esters is 1. The molecule has 7 aliphatic rings. The molecule has 0 aromatic carbocycles. The number of carbonyl (C=O) groups excluding carboxylic acids is 2. The number of hydrogen-bond donors (Lipinski definition) is 2. The van der Waals surface area contributed by atoms with Gasteiger partial charge in [0.1, 0.15) is 17.7 Å². The summed E-state index contributed by atoms with van der Waals surface area (Å²) >= 11 is 0. The molecule has 2 saturated heterocycles. The summed E-state index contributed by atoms with van der Waals surface area (Å²) in [6, 6.07) is 1.39. The van der Waals surface area contributed by atoms with E-state index in [1.165, 1.54) is 0 Å². The van der Waals surface area contributed by atoms with Crippen molar-refractivity contribution in [1.82, 2.24) is 10.2 Å². The number of nitriles is 1. The maximum absolute atomic E-state index is 13.8. The van der Waals surface area contributed by atoms with Crippen molar-refractivity contribution in [3.05, 3.63) is 0 Å². The summed E-state index contributed by atoms with van der Waals surface area (Å²) in [6.45, 7) is 3.05. The second-order valence-corrected chi connectivity index (χ2v) is 12.4. The van der Waals surface area contributed by atoms with Gasteiger partial charge < -0.3 is 20.7 Å². The van der Waals surface area contributed by atoms with Crippen LogP contribution in [0.1, 0.15) is 77.6 Å². The monoisotopic (exact) mass is 454 g/mol. The molecule has 0 spiro atoms. The number of piperidine rings is 1. The Morgan fingerprint density at radius 2 is 1.91 bits per heavy atom. The third kappa shape index (κ3) is 3.43. The third-order valence-electron chi connectivity index (χ3n) is 10.2. The van der Waals surface area contributed by atoms with Gasteiger partial charge in [0.2, 0.25) is 5.91 Å². The Balaban J connectivity index is 1.22. The van der Waals surface area contributed by atoms with E-state index in [0.717, 1.165) is 70.8 Å². The zero-order valence-electron chi connectivity index (χ0n) is 19.8. The number of carbonyl (C=O) groups is 2. The van der Waals surface area contributed by atoms with Gasteiger partial charge in [-0.05, 0) is 93.4 Å². The molecule has 5 aliphatic carbocycles. The highest BCUT2D eigenvalue weighted by molar-refractivity contribution is 5.85. The van der Waals surface area contributed by atoms with Crippen molar-refractivity contribution >= 4 is 11.9 Å². The van der Waals surface area contributed by atoms with Crippen molar-refractivity contribution in [2.24, 2.45) is 34.8 Å². The lowest BCUT2D eigenvalue weighted by Gasteiger charge is -2.62. The molecule has 33 heavy (non-hydrogen) atoms. The van der Waals surface area contributed by atoms with Gasteiger partial charge in [-0.15, -0.1) is 0 Å². The fourth-order valence-corrected chi connectivity index (χ4v) is 9.00. The van der Waals surface area contributed by atoms with Crippen LogP contribution in [0.4, 0.5) is 0 Å². The maximum Gasteiger partial charge on any atom is 0.323 e. The second kappa shape index (κ2) is 7.68. The zero-order valence-corrected chi connectivity index (χ0v) is 19.8. The van der Waals surface area contributed by atoms with E-state index in [2.05, 4.69) is 18.3 Å². The summed E-state index contributed by atoms with van der Waals surface area (Å²) in [4.78, 5) is 28.8. The molecule has 0 radical (unpaired) electrons. The second-order valence-electron chi connectivity index (χ2n) is 12.4. The standard InChI is InChI=1S/C26H38N4O3/c1-15-19-8-18(13-27)30(21(15)19)23(31)22(28)25-9-16-7-17(10-25)12-26(11-16,14-25)33-24(32)20-5-3-2-4-6-29-20/h15-22,29H,2-12,14,28H2,1H3. The van der Waals surface area contributed by atoms with E-state index in [9.17, 15) is 14.9 Å². The summed E-state index contributed by atoms with van der Waals surface area (Å²) in [5, 5.41) is 13.0. The van der Waals surface area contributed by atoms with Crippen molar-refractivity contribution < 1.29 is 14.3 Å². The number of rotatable bonds is 4. The highest BCUT2D eigenvalue weighted by Crippen LogP contribution is 2.64. The first-order valence-corrected chi connectivity index (χ1v) is 13.3. The van der Waals surface area contributed by atoms with Gasteiger partial charge in [-0.1, -0.05) is 19.8 Å². The molecule has 7 nitrogen and oxygen atoms in total. The molecule has 1 amide bonds. The molecule has 0 aromatic heterocycles. The quantitative estimate of drug-likeness (QED) is 0.632. The molecule has 7 heteroatoms. The number of nitrogens with zero attached hydrogens (tertiary/aromatic N) is 2. The van der Waals surface area contributed by atoms with Gasteiger partial charge >= 0.3 is 5.97 Å². The molecule has 180 valence electrons. The fourth-order valence-electron chi connectivity index (χ4n) is 9.00. The highest BCUT2D eigenvalue weighted by Gasteiger charge is 2.65. The number of nitrogens with two attached hydrogens (primary N) is 1. The van der Waals surface area contributed by atoms with Crippen molar-refractivity contribution in [3.8, 4) is 6.07 Å². The lowest BCUT2D eigenvalue weighted by atomic mass is 9.46. The number of hydrogen-bond acceptors (Lipinski definition) is 6. The average molecular weight is 455 g/mol. The normalized spacial score (nSPS) is 48.5. The number of amides is 1. The Kier molecular flexibility index (Phi) is 5.09. The van der Waals surface area contributed by atoms with Crippen LogP contribution in [0.15, 0.2) is 0 Å². The molecule has 7 fully saturated rings. The summed E-state index contributed by atoms with van der Waals surface area (Å²) in [6.07, 6.45) is 10.6. The van der Waals surface area contributed by atoms with Gasteiger partial charge in [0.25, 0.3) is 0 Å². The number of fused-ring (bicyclic) bond motifs is 1. The molecule has 2 heterocycles. The molecule has 8 atom stereocenters. The minimum Gasteiger partial charge on any atom is -0.458 e. The molecule has 2 aliphatic heterocycles. The lowest BCUT2D eigenvalue weighted by Crippen LogP contribution is -2.66. The van der Waals surface area contributed by atoms with E-state index in [0.29, 0.717) is 30.1 Å². The Labute approximate surface area is 196 Å². The minimum atomic E-state index is -0.611. The SMILES string of the molecule is CC1C2CC(C#N)N(C(=O)C(N)C34CC5CC(CC(OC(=O)C6CCCCCN6)(C5)C3)C4)C12. The van der Waals surface area contributed by atoms with Crippen LogP contribution in [0.3, 0.4) is 0 Å². The number of nitrogens with one attached hydrogen (secondary N) is 1. The van der Waals surface area contributed by atoms with E-state index < -0.39 is 11.6 Å². The molecule has 4 bridgehead atoms. The topological polar surface area (TPSA) is 108 Å². The Morgan fingerprint density at radius 3 is 2.64 bits per heavy atom. The molecular weight excluding hydrogens is 416 g/mol. The van der Waals surface area contributed by atoms with E-state index in [-0.39, 0.29) is 35.4 Å². The van der Waals surface area contributed by atoms with Crippen LogP contribution in [0.5, 0.6) is 0 Å². The van der Waals surface area contributed by atoms with Crippen LogP contribution in [0.2, 0.25) is 0 Å². The number of likely N-dealkylation sites (tertiary alicyclic amines) is 1. The van der Waals surface area contributed by atoms with E-state index in [1.54, 1.807) is 0 Å². The van der Waals surface area contributed by atoms with Crippen LogP contribution in [-0.4, -0.2) is 53.1 Å². The predicted octanol–water partition coefficient (Wildman–Crippen LogP) is 2.49. The van der Waals surface area contributed by atoms with Gasteiger partial charge in [-0.3, -0.25) is 9.59 Å². The summed E-state index contributed by atoms with van der Waals surface area (Å²) in [5.41, 5.74) is 6.06. The van der Waals surface area contributed by atoms with Gasteiger partial charge in [0, 0.05) is 6.04 Å². The van der Waals surface area contributed by atoms with Crippen LogP contribution in [-0.2, 0) is 14.3 Å². The zero-order chi connectivity index (χ0) is 23.0. The summed E-state index contributed by atoms with van der Waals surface area (Å²) in [7, 11) is 0. The first-order valence-electron chi connectivity index (χ1n) is 13.3. The molecule has 0 aromatic rings. The van der Waals surface area contributed by atoms with Crippen LogP contribution in [0, 0.1) is 40.4 Å². The highest BCUT2D eigenvalue weighted by atomic mass is 16.6. The van der Waals surface area contributed by atoms with Gasteiger partial charge in [0.05, 0.1) is 12.1 Å². The number of ether oxygens (including phenoxy) is 1. The fraction of sp³-hybridized carbons (Fsp3) is 0.885. The minimum absolute atomic E-state index is 0.0349. The Hall–Kier alpha value is -1.65. The van der Waals surface area contributed by atoms with E-state index >= 15 is 0 Å². The maximum atomic E-state index is 13.8. The van der Waals surface area contributed by atoms with Crippen molar-refractivity contribution in [2.45, 2.75) is 107 Å². The molecule has 7 rings (SSSR count). The van der Waals surface area contributed by atoms with Crippen molar-refractivity contribution in [3.63, 3.8) is 0 Å². The summed E-state index contributed by atoms with van der Waals surface area (Å²) in [5.74, 6) is 1.73. The van der Waals surface area contributed by atoms with Gasteiger partial charge in [0.15, 0.2) is 0 Å². The smallest absolute Gasteiger partial charge is 0.323 e. The van der Waals surface area contributed by atoms with E-state index in [1.807, 2.05) is 4.90 Å². The molecule has 5 saturated carbocycles. The predicted molar refractivity (Wildman–Crippen MR) is 121 cm³/mol. The average Bonchev–Trinajstić information content (AvgIpc) is 3.34. The lowest BCUT2D eigenvalue weighted by molar-refractivity contribution is -0.207. The van der Waals surface area contributed by atoms with Gasteiger partial charge in [-0.25, -0.2) is 0 Å². The largest absolute Gasteiger partial charge is 0.458 e. The Bertz CT molecular complexity index is 861. The molecule has 8 unspecified atom stereocenters. The first kappa shape index (κ1) is 21.9. The molecular formula is C26H38N4O3. The summed E-state index contributed by atoms with van der Waals surface area (Å²) < 4.78 is 6.38. The van der Waals surface area contributed by atoms with Gasteiger partial charge in [-0.2, -0.15) is 5.26 Å². The van der Waals surface area contributed by atoms with Crippen molar-refractivity contribution in [1.29, 1.82) is 5.26 Å². The van der Waals surface area contributed by atoms with Crippen LogP contribution >= 0.6 is 0 Å². The Morgan fingerprint density at radius 1 is 1.15 bits per heavy atom. The van der Waals surface area contributed by atoms with Crippen LogP contribution in [0.25, 0.3) is 0 Å². The van der Waals surface area contributed by atoms with Crippen molar-refractivity contribution in [2.75, 3.05) is 6.54 Å². The van der Waals surface area contributed by atoms with E-state index in [4.69, 9.17) is 10.5 Å². The molecule has 3 N–H and O–H groups in total. The first-order chi connectivity index (χ1) is 15.8. The van der Waals surface area contributed by atoms with Crippen LogP contribution < -0.4 is 11.1 Å².